The van der Waals surface area contributed by atoms with Gasteiger partial charge in [0.05, 0.1) is 23.7 Å². The summed E-state index contributed by atoms with van der Waals surface area (Å²) in [5.41, 5.74) is 12.2. The van der Waals surface area contributed by atoms with Gasteiger partial charge in [-0.05, 0) is 87.6 Å². The number of rotatable bonds is 8. The van der Waals surface area contributed by atoms with Crippen LogP contribution in [0.25, 0.3) is 22.4 Å². The van der Waals surface area contributed by atoms with Crippen LogP contribution < -0.4 is 5.73 Å². The Hall–Kier alpha value is -3.97. The molecule has 2 N–H and O–H groups in total. The topological polar surface area (TPSA) is 90.5 Å². The molecular weight excluding hydrogens is 476 g/mol. The van der Waals surface area contributed by atoms with Crippen molar-refractivity contribution in [3.63, 3.8) is 0 Å². The maximum atomic E-state index is 12.1. The number of ketones is 1. The highest BCUT2D eigenvalue weighted by Crippen LogP contribution is 2.34. The third-order valence-electron chi connectivity index (χ3n) is 7.60. The number of carbonyl (C=O) groups excluding carboxylic acids is 2. The minimum atomic E-state index is -0.354. The smallest absolute Gasteiger partial charge is 0.337 e. The number of para-hydroxylation sites is 3. The SMILES string of the molecule is COC(=O)c1cccc(-c2nc3ccccc3n2CCCN2CCC(c3cccc(C(C)=O)c3N)CC2)c1. The van der Waals surface area contributed by atoms with Gasteiger partial charge in [-0.25, -0.2) is 9.78 Å². The van der Waals surface area contributed by atoms with Crippen LogP contribution >= 0.6 is 0 Å². The van der Waals surface area contributed by atoms with Crippen molar-refractivity contribution in [2.45, 2.75) is 38.6 Å². The molecule has 1 saturated heterocycles. The fourth-order valence-electron chi connectivity index (χ4n) is 5.59. The number of anilines is 1. The van der Waals surface area contributed by atoms with Crippen LogP contribution in [-0.2, 0) is 11.3 Å². The molecule has 2 heterocycles. The van der Waals surface area contributed by atoms with Crippen LogP contribution in [0.15, 0.2) is 66.7 Å². The van der Waals surface area contributed by atoms with Gasteiger partial charge in [-0.15, -0.1) is 0 Å². The van der Waals surface area contributed by atoms with Crippen molar-refractivity contribution in [2.75, 3.05) is 32.5 Å². The third kappa shape index (κ3) is 5.20. The predicted octanol–water partition coefficient (Wildman–Crippen LogP) is 5.54. The number of aryl methyl sites for hydroxylation is 1. The Morgan fingerprint density at radius 3 is 2.53 bits per heavy atom. The molecule has 0 spiro atoms. The van der Waals surface area contributed by atoms with Gasteiger partial charge in [0.15, 0.2) is 5.78 Å². The lowest BCUT2D eigenvalue weighted by molar-refractivity contribution is 0.0600. The Kier molecular flexibility index (Phi) is 7.56. The predicted molar refractivity (Wildman–Crippen MR) is 150 cm³/mol. The molecule has 0 bridgehead atoms. The zero-order valence-corrected chi connectivity index (χ0v) is 22.0. The summed E-state index contributed by atoms with van der Waals surface area (Å²) in [6.45, 7) is 5.40. The van der Waals surface area contributed by atoms with E-state index in [1.54, 1.807) is 13.0 Å². The van der Waals surface area contributed by atoms with Crippen molar-refractivity contribution in [1.82, 2.24) is 14.5 Å². The fraction of sp³-hybridized carbons (Fsp3) is 0.323. The third-order valence-corrected chi connectivity index (χ3v) is 7.60. The lowest BCUT2D eigenvalue weighted by Crippen LogP contribution is -2.34. The summed E-state index contributed by atoms with van der Waals surface area (Å²) in [5.74, 6) is 0.909. The van der Waals surface area contributed by atoms with E-state index in [1.165, 1.54) is 7.11 Å². The van der Waals surface area contributed by atoms with Crippen LogP contribution in [0.4, 0.5) is 5.69 Å². The first-order valence-corrected chi connectivity index (χ1v) is 13.2. The number of methoxy groups -OCH3 is 1. The molecule has 3 aromatic carbocycles. The van der Waals surface area contributed by atoms with Crippen molar-refractivity contribution >= 4 is 28.5 Å². The van der Waals surface area contributed by atoms with E-state index in [4.69, 9.17) is 15.5 Å². The number of hydrogen-bond donors (Lipinski definition) is 1. The van der Waals surface area contributed by atoms with E-state index in [0.29, 0.717) is 22.7 Å². The van der Waals surface area contributed by atoms with Gasteiger partial charge in [0.1, 0.15) is 5.82 Å². The number of hydrogen-bond acceptors (Lipinski definition) is 6. The average molecular weight is 511 g/mol. The second kappa shape index (κ2) is 11.2. The molecule has 0 unspecified atom stereocenters. The quantitative estimate of drug-likeness (QED) is 0.190. The Morgan fingerprint density at radius 1 is 1.00 bits per heavy atom. The van der Waals surface area contributed by atoms with E-state index in [0.717, 1.165) is 73.4 Å². The second-order valence-corrected chi connectivity index (χ2v) is 9.98. The van der Waals surface area contributed by atoms with Crippen LogP contribution in [0.5, 0.6) is 0 Å². The van der Waals surface area contributed by atoms with Crippen LogP contribution in [-0.4, -0.2) is 52.9 Å². The van der Waals surface area contributed by atoms with E-state index in [-0.39, 0.29) is 11.8 Å². The van der Waals surface area contributed by atoms with Gasteiger partial charge < -0.3 is 19.9 Å². The molecule has 5 rings (SSSR count). The zero-order chi connectivity index (χ0) is 26.6. The van der Waals surface area contributed by atoms with E-state index in [1.807, 2.05) is 48.5 Å². The highest BCUT2D eigenvalue weighted by atomic mass is 16.5. The number of piperidine rings is 1. The number of nitrogen functional groups attached to an aromatic ring is 1. The molecule has 196 valence electrons. The number of aromatic nitrogens is 2. The van der Waals surface area contributed by atoms with Gasteiger partial charge in [0.2, 0.25) is 0 Å². The standard InChI is InChI=1S/C31H34N4O3/c1-21(36)25-10-6-11-26(29(25)32)22-14-18-34(19-15-22)16-7-17-35-28-13-4-3-12-27(28)33-30(35)23-8-5-9-24(20-23)31(37)38-2/h3-6,8-13,20,22H,7,14-19,32H2,1-2H3. The Labute approximate surface area is 223 Å². The first kappa shape index (κ1) is 25.7. The number of esters is 1. The van der Waals surface area contributed by atoms with Gasteiger partial charge in [-0.3, -0.25) is 4.79 Å². The molecule has 0 amide bonds. The number of benzene rings is 3. The molecule has 7 heteroatoms. The maximum Gasteiger partial charge on any atom is 0.337 e. The summed E-state index contributed by atoms with van der Waals surface area (Å²) in [6, 6.07) is 21.5. The van der Waals surface area contributed by atoms with Crippen molar-refractivity contribution in [1.29, 1.82) is 0 Å². The highest BCUT2D eigenvalue weighted by Gasteiger charge is 2.23. The number of fused-ring (bicyclic) bond motifs is 1. The van der Waals surface area contributed by atoms with Crippen molar-refractivity contribution in [3.8, 4) is 11.4 Å². The lowest BCUT2D eigenvalue weighted by atomic mass is 9.86. The first-order chi connectivity index (χ1) is 18.5. The largest absolute Gasteiger partial charge is 0.465 e. The molecule has 0 atom stereocenters. The maximum absolute atomic E-state index is 12.1. The Bertz CT molecular complexity index is 1470. The number of nitrogens with two attached hydrogens (primary N) is 1. The first-order valence-electron chi connectivity index (χ1n) is 13.2. The molecule has 1 aliphatic rings. The summed E-state index contributed by atoms with van der Waals surface area (Å²) >= 11 is 0. The number of nitrogens with zero attached hydrogens (tertiary/aromatic N) is 3. The number of ether oxygens (including phenoxy) is 1. The molecular formula is C31H34N4O3. The lowest BCUT2D eigenvalue weighted by Gasteiger charge is -2.33. The molecule has 4 aromatic rings. The zero-order valence-electron chi connectivity index (χ0n) is 22.0. The van der Waals surface area contributed by atoms with E-state index in [2.05, 4.69) is 21.6 Å². The number of imidazole rings is 1. The molecule has 0 radical (unpaired) electrons. The summed E-state index contributed by atoms with van der Waals surface area (Å²) in [5, 5.41) is 0. The number of likely N-dealkylation sites (tertiary alicyclic amines) is 1. The van der Waals surface area contributed by atoms with E-state index in [9.17, 15) is 9.59 Å². The van der Waals surface area contributed by atoms with Crippen molar-refractivity contribution in [3.05, 3.63) is 83.4 Å². The fourth-order valence-corrected chi connectivity index (χ4v) is 5.59. The average Bonchev–Trinajstić information content (AvgIpc) is 3.32. The molecule has 0 aliphatic carbocycles. The Morgan fingerprint density at radius 2 is 1.76 bits per heavy atom. The molecule has 1 aliphatic heterocycles. The van der Waals surface area contributed by atoms with Crippen LogP contribution in [0.1, 0.15) is 58.4 Å². The molecule has 1 aromatic heterocycles. The van der Waals surface area contributed by atoms with Crippen molar-refractivity contribution < 1.29 is 14.3 Å². The van der Waals surface area contributed by atoms with Crippen molar-refractivity contribution in [2.24, 2.45) is 0 Å². The summed E-state index contributed by atoms with van der Waals surface area (Å²) in [4.78, 5) is 31.4. The number of carbonyl (C=O) groups is 2. The van der Waals surface area contributed by atoms with E-state index < -0.39 is 0 Å². The monoisotopic (exact) mass is 510 g/mol. The minimum Gasteiger partial charge on any atom is -0.465 e. The summed E-state index contributed by atoms with van der Waals surface area (Å²) < 4.78 is 7.17. The van der Waals surface area contributed by atoms with Gasteiger partial charge >= 0.3 is 5.97 Å². The van der Waals surface area contributed by atoms with Crippen LogP contribution in [0.2, 0.25) is 0 Å². The van der Waals surface area contributed by atoms with Gasteiger partial charge in [0.25, 0.3) is 0 Å². The van der Waals surface area contributed by atoms with Crippen LogP contribution in [0.3, 0.4) is 0 Å². The molecule has 7 nitrogen and oxygen atoms in total. The second-order valence-electron chi connectivity index (χ2n) is 9.98. The molecule has 0 saturated carbocycles. The van der Waals surface area contributed by atoms with Gasteiger partial charge in [-0.2, -0.15) is 0 Å². The molecule has 38 heavy (non-hydrogen) atoms. The summed E-state index contributed by atoms with van der Waals surface area (Å²) in [7, 11) is 1.39. The van der Waals surface area contributed by atoms with Gasteiger partial charge in [-0.1, -0.05) is 36.4 Å². The van der Waals surface area contributed by atoms with Gasteiger partial charge in [0, 0.05) is 23.4 Å². The minimum absolute atomic E-state index is 0.0187. The van der Waals surface area contributed by atoms with Crippen LogP contribution in [0, 0.1) is 0 Å². The molecule has 1 fully saturated rings. The Balaban J connectivity index is 1.26. The summed E-state index contributed by atoms with van der Waals surface area (Å²) in [6.07, 6.45) is 3.05. The highest BCUT2D eigenvalue weighted by molar-refractivity contribution is 5.99. The van der Waals surface area contributed by atoms with E-state index >= 15 is 0 Å². The normalized spacial score (nSPS) is 14.6. The number of Topliss-reactive ketones (excluding diaryl/α,β-unsaturated/α-hetero) is 1.